The van der Waals surface area contributed by atoms with Crippen molar-refractivity contribution in [1.82, 2.24) is 10.2 Å². The number of sulfonamides is 1. The summed E-state index contributed by atoms with van der Waals surface area (Å²) in [5.41, 5.74) is 0.837. The Morgan fingerprint density at radius 1 is 0.952 bits per heavy atom. The van der Waals surface area contributed by atoms with Gasteiger partial charge in [-0.1, -0.05) is 29.8 Å². The van der Waals surface area contributed by atoms with Crippen LogP contribution in [0.1, 0.15) is 26.3 Å². The van der Waals surface area contributed by atoms with Crippen LogP contribution in [-0.2, 0) is 26.2 Å². The molecule has 2 amide bonds. The number of carbonyl (C=O) groups is 2. The van der Waals surface area contributed by atoms with Gasteiger partial charge in [0.2, 0.25) is 11.8 Å². The maximum absolute atomic E-state index is 14.1. The van der Waals surface area contributed by atoms with Crippen LogP contribution in [0, 0.1) is 0 Å². The highest BCUT2D eigenvalue weighted by Gasteiger charge is 2.33. The van der Waals surface area contributed by atoms with Crippen molar-refractivity contribution in [1.29, 1.82) is 0 Å². The molecule has 10 nitrogen and oxygen atoms in total. The largest absolute Gasteiger partial charge is 0.494 e. The van der Waals surface area contributed by atoms with Crippen molar-refractivity contribution in [3.8, 4) is 17.2 Å². The van der Waals surface area contributed by atoms with Gasteiger partial charge < -0.3 is 24.4 Å². The van der Waals surface area contributed by atoms with Gasteiger partial charge in [-0.3, -0.25) is 13.9 Å². The first kappa shape index (κ1) is 32.6. The zero-order valence-electron chi connectivity index (χ0n) is 24.3. The van der Waals surface area contributed by atoms with Crippen molar-refractivity contribution in [3.63, 3.8) is 0 Å². The summed E-state index contributed by atoms with van der Waals surface area (Å²) in [5.74, 6) is 0.115. The number of benzene rings is 3. The van der Waals surface area contributed by atoms with Crippen molar-refractivity contribution in [2.24, 2.45) is 0 Å². The van der Waals surface area contributed by atoms with Gasteiger partial charge in [0.15, 0.2) is 11.5 Å². The number of methoxy groups -OCH3 is 2. The van der Waals surface area contributed by atoms with Crippen LogP contribution in [0.3, 0.4) is 0 Å². The number of halogens is 1. The maximum Gasteiger partial charge on any atom is 0.264 e. The maximum atomic E-state index is 14.1. The number of carbonyl (C=O) groups excluding carboxylic acids is 2. The summed E-state index contributed by atoms with van der Waals surface area (Å²) < 4.78 is 45.3. The van der Waals surface area contributed by atoms with Crippen LogP contribution < -0.4 is 23.8 Å². The van der Waals surface area contributed by atoms with Gasteiger partial charge in [0.1, 0.15) is 18.3 Å². The molecule has 0 aliphatic carbocycles. The average molecular weight is 618 g/mol. The van der Waals surface area contributed by atoms with Gasteiger partial charge in [-0.25, -0.2) is 8.42 Å². The standard InChI is InChI=1S/C30H36ClN3O7S/c1-6-32-30(36)21(3)33(19-22-10-8-9-11-26(22)31)29(35)20-34(23-12-14-24(15-13-23)41-7-2)42(37,38)25-16-17-27(39-4)28(18-25)40-5/h8-18,21H,6-7,19-20H2,1-5H3,(H,32,36). The van der Waals surface area contributed by atoms with Gasteiger partial charge in [-0.15, -0.1) is 0 Å². The summed E-state index contributed by atoms with van der Waals surface area (Å²) in [7, 11) is -1.47. The van der Waals surface area contributed by atoms with Gasteiger partial charge in [0.05, 0.1) is 31.4 Å². The molecule has 226 valence electrons. The number of ether oxygens (including phenoxy) is 3. The SMILES string of the molecule is CCNC(=O)C(C)N(Cc1ccccc1Cl)C(=O)CN(c1ccc(OCC)cc1)S(=O)(=O)c1ccc(OC)c(OC)c1. The summed E-state index contributed by atoms with van der Waals surface area (Å²) in [5, 5.41) is 3.14. The van der Waals surface area contributed by atoms with E-state index in [0.29, 0.717) is 35.2 Å². The fraction of sp³-hybridized carbons (Fsp3) is 0.333. The molecule has 42 heavy (non-hydrogen) atoms. The lowest BCUT2D eigenvalue weighted by Crippen LogP contribution is -2.51. The molecule has 3 aromatic rings. The lowest BCUT2D eigenvalue weighted by atomic mass is 10.1. The zero-order valence-corrected chi connectivity index (χ0v) is 25.9. The van der Waals surface area contributed by atoms with Crippen LogP contribution >= 0.6 is 11.6 Å². The molecule has 12 heteroatoms. The quantitative estimate of drug-likeness (QED) is 0.283. The van der Waals surface area contributed by atoms with Crippen LogP contribution in [-0.4, -0.2) is 65.1 Å². The second-order valence-corrected chi connectivity index (χ2v) is 11.4. The minimum absolute atomic E-state index is 0.00959. The first-order valence-corrected chi connectivity index (χ1v) is 15.2. The Morgan fingerprint density at radius 3 is 2.21 bits per heavy atom. The van der Waals surface area contributed by atoms with E-state index in [1.807, 2.05) is 6.92 Å². The second-order valence-electron chi connectivity index (χ2n) is 9.14. The highest BCUT2D eigenvalue weighted by molar-refractivity contribution is 7.92. The van der Waals surface area contributed by atoms with Gasteiger partial charge in [0.25, 0.3) is 10.0 Å². The summed E-state index contributed by atoms with van der Waals surface area (Å²) in [6.07, 6.45) is 0. The van der Waals surface area contributed by atoms with Crippen molar-refractivity contribution >= 4 is 39.1 Å². The minimum atomic E-state index is -4.32. The van der Waals surface area contributed by atoms with E-state index in [-0.39, 0.29) is 28.8 Å². The molecule has 0 aromatic heterocycles. The van der Waals surface area contributed by atoms with E-state index >= 15 is 0 Å². The van der Waals surface area contributed by atoms with Crippen LogP contribution in [0.4, 0.5) is 5.69 Å². The number of amides is 2. The Balaban J connectivity index is 2.09. The highest BCUT2D eigenvalue weighted by atomic mass is 35.5. The predicted molar refractivity (Wildman–Crippen MR) is 162 cm³/mol. The number of anilines is 1. The third-order valence-corrected chi connectivity index (χ3v) is 8.61. The molecule has 0 saturated heterocycles. The lowest BCUT2D eigenvalue weighted by Gasteiger charge is -2.32. The van der Waals surface area contributed by atoms with E-state index in [9.17, 15) is 18.0 Å². The van der Waals surface area contributed by atoms with E-state index in [1.54, 1.807) is 62.4 Å². The summed E-state index contributed by atoms with van der Waals surface area (Å²) >= 11 is 6.39. The van der Waals surface area contributed by atoms with Crippen molar-refractivity contribution in [2.75, 3.05) is 38.2 Å². The van der Waals surface area contributed by atoms with Gasteiger partial charge in [0, 0.05) is 24.2 Å². The molecule has 0 bridgehead atoms. The van der Waals surface area contributed by atoms with Crippen LogP contribution in [0.2, 0.25) is 5.02 Å². The Morgan fingerprint density at radius 2 is 1.62 bits per heavy atom. The van der Waals surface area contributed by atoms with Gasteiger partial charge in [-0.05, 0) is 68.8 Å². The summed E-state index contributed by atoms with van der Waals surface area (Å²) in [6, 6.07) is 16.6. The molecule has 3 rings (SSSR count). The van der Waals surface area contributed by atoms with Crippen LogP contribution in [0.25, 0.3) is 0 Å². The Bertz CT molecular complexity index is 1480. The smallest absolute Gasteiger partial charge is 0.264 e. The molecule has 1 N–H and O–H groups in total. The molecule has 0 spiro atoms. The number of nitrogens with zero attached hydrogens (tertiary/aromatic N) is 2. The van der Waals surface area contributed by atoms with Crippen molar-refractivity contribution < 1.29 is 32.2 Å². The molecule has 0 aliphatic heterocycles. The number of hydrogen-bond donors (Lipinski definition) is 1. The number of rotatable bonds is 14. The molecule has 0 aliphatic rings. The molecule has 0 saturated carbocycles. The van der Waals surface area contributed by atoms with Gasteiger partial charge >= 0.3 is 0 Å². The second kappa shape index (κ2) is 14.8. The summed E-state index contributed by atoms with van der Waals surface area (Å²) in [4.78, 5) is 28.1. The number of likely N-dealkylation sites (N-methyl/N-ethyl adjacent to an activating group) is 1. The Kier molecular flexibility index (Phi) is 11.5. The van der Waals surface area contributed by atoms with Crippen molar-refractivity contribution in [2.45, 2.75) is 38.3 Å². The highest BCUT2D eigenvalue weighted by Crippen LogP contribution is 2.33. The molecule has 1 unspecified atom stereocenters. The van der Waals surface area contributed by atoms with E-state index in [2.05, 4.69) is 5.32 Å². The molecular formula is C30H36ClN3O7S. The molecule has 0 radical (unpaired) electrons. The first-order chi connectivity index (χ1) is 20.1. The van der Waals surface area contributed by atoms with Crippen LogP contribution in [0.5, 0.6) is 17.2 Å². The zero-order chi connectivity index (χ0) is 30.9. The monoisotopic (exact) mass is 617 g/mol. The van der Waals surface area contributed by atoms with E-state index in [0.717, 1.165) is 4.31 Å². The van der Waals surface area contributed by atoms with Crippen molar-refractivity contribution in [3.05, 3.63) is 77.3 Å². The Labute approximate surface area is 252 Å². The van der Waals surface area contributed by atoms with Crippen LogP contribution in [0.15, 0.2) is 71.6 Å². The van der Waals surface area contributed by atoms with E-state index in [4.69, 9.17) is 25.8 Å². The fourth-order valence-electron chi connectivity index (χ4n) is 4.22. The fourth-order valence-corrected chi connectivity index (χ4v) is 5.85. The average Bonchev–Trinajstić information content (AvgIpc) is 2.99. The molecule has 1 atom stereocenters. The number of nitrogens with one attached hydrogen (secondary N) is 1. The minimum Gasteiger partial charge on any atom is -0.494 e. The third kappa shape index (κ3) is 7.65. The summed E-state index contributed by atoms with van der Waals surface area (Å²) in [6.45, 7) is 5.38. The first-order valence-electron chi connectivity index (χ1n) is 13.4. The molecule has 3 aromatic carbocycles. The lowest BCUT2D eigenvalue weighted by molar-refractivity contribution is -0.139. The molecule has 0 fully saturated rings. The Hall–Kier alpha value is -3.96. The normalized spacial score (nSPS) is 11.8. The predicted octanol–water partition coefficient (Wildman–Crippen LogP) is 4.50. The molecular weight excluding hydrogens is 582 g/mol. The molecule has 0 heterocycles. The topological polar surface area (TPSA) is 114 Å². The van der Waals surface area contributed by atoms with Gasteiger partial charge in [-0.2, -0.15) is 0 Å². The van der Waals surface area contributed by atoms with E-state index in [1.165, 1.54) is 37.3 Å². The number of hydrogen-bond acceptors (Lipinski definition) is 7. The third-order valence-electron chi connectivity index (χ3n) is 6.47. The van der Waals surface area contributed by atoms with E-state index < -0.39 is 28.5 Å².